The van der Waals surface area contributed by atoms with Gasteiger partial charge in [-0.2, -0.15) is 0 Å². The number of nitrogens with zero attached hydrogens (tertiary/aromatic N) is 1. The number of hydrogen-bond acceptors (Lipinski definition) is 4. The lowest BCUT2D eigenvalue weighted by Crippen LogP contribution is -2.40. The van der Waals surface area contributed by atoms with Gasteiger partial charge in [0.1, 0.15) is 12.3 Å². The summed E-state index contributed by atoms with van der Waals surface area (Å²) in [4.78, 5) is 12.3. The highest BCUT2D eigenvalue weighted by atomic mass is 79.9. The third-order valence-corrected chi connectivity index (χ3v) is 5.22. The lowest BCUT2D eigenvalue weighted by Gasteiger charge is -2.22. The monoisotopic (exact) mass is 440 g/mol. The van der Waals surface area contributed by atoms with E-state index in [9.17, 15) is 13.2 Å². The zero-order chi connectivity index (χ0) is 19.2. The number of carbonyl (C=O) groups excluding carboxylic acids is 1. The summed E-state index contributed by atoms with van der Waals surface area (Å²) in [5.41, 5.74) is 1.26. The van der Waals surface area contributed by atoms with Crippen molar-refractivity contribution in [2.75, 3.05) is 23.7 Å². The molecular weight excluding hydrogens is 420 g/mol. The predicted molar refractivity (Wildman–Crippen MR) is 106 cm³/mol. The highest BCUT2D eigenvalue weighted by Crippen LogP contribution is 2.21. The number of hydrogen-bond donors (Lipinski definition) is 1. The predicted octanol–water partition coefficient (Wildman–Crippen LogP) is 2.93. The molecule has 0 saturated heterocycles. The van der Waals surface area contributed by atoms with Gasteiger partial charge in [0, 0.05) is 16.6 Å². The van der Waals surface area contributed by atoms with Crippen molar-refractivity contribution in [2.24, 2.45) is 0 Å². The fraction of sp³-hybridized carbons (Fsp3) is 0.278. The first-order valence-corrected chi connectivity index (χ1v) is 10.7. The number of halogens is 1. The minimum Gasteiger partial charge on any atom is -0.494 e. The van der Waals surface area contributed by atoms with Gasteiger partial charge in [0.2, 0.25) is 15.9 Å². The molecule has 0 aromatic heterocycles. The Morgan fingerprint density at radius 2 is 1.81 bits per heavy atom. The summed E-state index contributed by atoms with van der Waals surface area (Å²) in [6.07, 6.45) is 1.08. The van der Waals surface area contributed by atoms with Crippen LogP contribution < -0.4 is 14.4 Å². The van der Waals surface area contributed by atoms with Gasteiger partial charge in [0.25, 0.3) is 0 Å². The molecule has 0 heterocycles. The van der Waals surface area contributed by atoms with Gasteiger partial charge in [0.15, 0.2) is 0 Å². The first kappa shape index (κ1) is 20.3. The molecular formula is C18H21BrN2O4S. The van der Waals surface area contributed by atoms with Crippen LogP contribution in [-0.2, 0) is 21.4 Å². The first-order chi connectivity index (χ1) is 12.3. The lowest BCUT2D eigenvalue weighted by atomic mass is 10.2. The molecule has 0 fully saturated rings. The van der Waals surface area contributed by atoms with E-state index in [0.29, 0.717) is 18.0 Å². The SMILES string of the molecule is CCOc1ccccc1CNC(=O)CN(c1ccc(Br)cc1)S(C)(=O)=O. The number of amides is 1. The molecule has 0 spiro atoms. The smallest absolute Gasteiger partial charge is 0.241 e. The third kappa shape index (κ3) is 5.74. The third-order valence-electron chi connectivity index (χ3n) is 3.55. The van der Waals surface area contributed by atoms with Crippen LogP contribution in [0.3, 0.4) is 0 Å². The van der Waals surface area contributed by atoms with E-state index in [0.717, 1.165) is 20.6 Å². The molecule has 2 aromatic carbocycles. The van der Waals surface area contributed by atoms with Crippen molar-refractivity contribution in [2.45, 2.75) is 13.5 Å². The lowest BCUT2D eigenvalue weighted by molar-refractivity contribution is -0.119. The summed E-state index contributed by atoms with van der Waals surface area (Å²) >= 11 is 3.31. The number of rotatable bonds is 8. The Kier molecular flexibility index (Phi) is 7.05. The fourth-order valence-electron chi connectivity index (χ4n) is 2.33. The van der Waals surface area contributed by atoms with Crippen molar-refractivity contribution in [3.63, 3.8) is 0 Å². The summed E-state index contributed by atoms with van der Waals surface area (Å²) in [7, 11) is -3.59. The second-order valence-corrected chi connectivity index (χ2v) is 8.39. The van der Waals surface area contributed by atoms with Crippen LogP contribution in [0, 0.1) is 0 Å². The fourth-order valence-corrected chi connectivity index (χ4v) is 3.45. The average Bonchev–Trinajstić information content (AvgIpc) is 2.59. The van der Waals surface area contributed by atoms with Crippen molar-refractivity contribution < 1.29 is 17.9 Å². The molecule has 0 atom stereocenters. The number of para-hydroxylation sites is 1. The van der Waals surface area contributed by atoms with Gasteiger partial charge in [0.05, 0.1) is 18.6 Å². The largest absolute Gasteiger partial charge is 0.494 e. The van der Waals surface area contributed by atoms with E-state index in [1.807, 2.05) is 31.2 Å². The van der Waals surface area contributed by atoms with Crippen LogP contribution in [0.4, 0.5) is 5.69 Å². The number of carbonyl (C=O) groups is 1. The maximum absolute atomic E-state index is 12.3. The molecule has 2 aromatic rings. The van der Waals surface area contributed by atoms with Crippen molar-refractivity contribution in [3.05, 3.63) is 58.6 Å². The van der Waals surface area contributed by atoms with Gasteiger partial charge in [-0.05, 0) is 37.3 Å². The molecule has 2 rings (SSSR count). The Labute approximate surface area is 162 Å². The number of benzene rings is 2. The molecule has 1 N–H and O–H groups in total. The summed E-state index contributed by atoms with van der Waals surface area (Å²) in [5.74, 6) is 0.299. The van der Waals surface area contributed by atoms with Crippen molar-refractivity contribution >= 4 is 37.5 Å². The van der Waals surface area contributed by atoms with Crippen LogP contribution in [0.5, 0.6) is 5.75 Å². The maximum Gasteiger partial charge on any atom is 0.241 e. The summed E-state index contributed by atoms with van der Waals surface area (Å²) < 4.78 is 31.6. The quantitative estimate of drug-likeness (QED) is 0.684. The Morgan fingerprint density at radius 3 is 2.42 bits per heavy atom. The topological polar surface area (TPSA) is 75.7 Å². The standard InChI is InChI=1S/C18H21BrN2O4S/c1-3-25-17-7-5-4-6-14(17)12-20-18(22)13-21(26(2,23)24)16-10-8-15(19)9-11-16/h4-11H,3,12-13H2,1-2H3,(H,20,22). The van der Waals surface area contributed by atoms with E-state index in [-0.39, 0.29) is 13.1 Å². The van der Waals surface area contributed by atoms with Gasteiger partial charge < -0.3 is 10.1 Å². The van der Waals surface area contributed by atoms with Crippen molar-refractivity contribution in [1.82, 2.24) is 5.32 Å². The normalized spacial score (nSPS) is 11.0. The molecule has 1 amide bonds. The molecule has 140 valence electrons. The number of sulfonamides is 1. The summed E-state index contributed by atoms with van der Waals surface area (Å²) in [6, 6.07) is 14.1. The first-order valence-electron chi connectivity index (χ1n) is 8.02. The zero-order valence-corrected chi connectivity index (χ0v) is 17.0. The Morgan fingerprint density at radius 1 is 1.15 bits per heavy atom. The molecule has 0 saturated carbocycles. The Hall–Kier alpha value is -2.06. The molecule has 0 bridgehead atoms. The average molecular weight is 441 g/mol. The summed E-state index contributed by atoms with van der Waals surface area (Å²) in [5, 5.41) is 2.75. The zero-order valence-electron chi connectivity index (χ0n) is 14.6. The number of ether oxygens (including phenoxy) is 1. The van der Waals surface area contributed by atoms with Crippen LogP contribution in [0.2, 0.25) is 0 Å². The van der Waals surface area contributed by atoms with Crippen molar-refractivity contribution in [3.8, 4) is 5.75 Å². The van der Waals surface area contributed by atoms with E-state index >= 15 is 0 Å². The molecule has 0 radical (unpaired) electrons. The minimum absolute atomic E-state index is 0.257. The molecule has 0 aliphatic rings. The van der Waals surface area contributed by atoms with Crippen LogP contribution >= 0.6 is 15.9 Å². The number of nitrogens with one attached hydrogen (secondary N) is 1. The number of anilines is 1. The van der Waals surface area contributed by atoms with E-state index in [4.69, 9.17) is 4.74 Å². The van der Waals surface area contributed by atoms with Crippen LogP contribution in [0.1, 0.15) is 12.5 Å². The van der Waals surface area contributed by atoms with Crippen LogP contribution in [0.15, 0.2) is 53.0 Å². The van der Waals surface area contributed by atoms with Crippen LogP contribution in [-0.4, -0.2) is 33.7 Å². The summed E-state index contributed by atoms with van der Waals surface area (Å²) in [6.45, 7) is 2.37. The highest BCUT2D eigenvalue weighted by Gasteiger charge is 2.20. The maximum atomic E-state index is 12.3. The molecule has 8 heteroatoms. The van der Waals surface area contributed by atoms with E-state index in [2.05, 4.69) is 21.2 Å². The van der Waals surface area contributed by atoms with Gasteiger partial charge in [-0.1, -0.05) is 34.1 Å². The van der Waals surface area contributed by atoms with E-state index in [1.165, 1.54) is 0 Å². The van der Waals surface area contributed by atoms with E-state index in [1.54, 1.807) is 24.3 Å². The van der Waals surface area contributed by atoms with Gasteiger partial charge >= 0.3 is 0 Å². The molecule has 0 unspecified atom stereocenters. The Balaban J connectivity index is 2.08. The van der Waals surface area contributed by atoms with Gasteiger partial charge in [-0.25, -0.2) is 8.42 Å². The second kappa shape index (κ2) is 9.05. The second-order valence-electron chi connectivity index (χ2n) is 5.56. The van der Waals surface area contributed by atoms with Crippen molar-refractivity contribution in [1.29, 1.82) is 0 Å². The Bertz CT molecular complexity index is 854. The van der Waals surface area contributed by atoms with E-state index < -0.39 is 15.9 Å². The van der Waals surface area contributed by atoms with Gasteiger partial charge in [-0.3, -0.25) is 9.10 Å². The highest BCUT2D eigenvalue weighted by molar-refractivity contribution is 9.10. The minimum atomic E-state index is -3.59. The molecule has 0 aliphatic carbocycles. The molecule has 26 heavy (non-hydrogen) atoms. The van der Waals surface area contributed by atoms with Gasteiger partial charge in [-0.15, -0.1) is 0 Å². The molecule has 0 aliphatic heterocycles. The van der Waals surface area contributed by atoms with Crippen LogP contribution in [0.25, 0.3) is 0 Å². The molecule has 6 nitrogen and oxygen atoms in total.